The predicted molar refractivity (Wildman–Crippen MR) is 87.5 cm³/mol. The highest BCUT2D eigenvalue weighted by Gasteiger charge is 2.39. The maximum absolute atomic E-state index is 13.1. The molecule has 3 aliphatic rings. The number of pyridine rings is 1. The molecule has 4 heterocycles. The molecule has 0 saturated heterocycles. The second kappa shape index (κ2) is 4.58. The number of nitrogens with zero attached hydrogens (tertiary/aromatic N) is 4. The molecular weight excluding hydrogens is 290 g/mol. The molecule has 2 aromatic rings. The number of hydrogen-bond donors (Lipinski definition) is 1. The monoisotopic (exact) mass is 309 g/mol. The quantitative estimate of drug-likeness (QED) is 0.912. The molecule has 6 heteroatoms. The van der Waals surface area contributed by atoms with Crippen molar-refractivity contribution in [3.05, 3.63) is 35.8 Å². The van der Waals surface area contributed by atoms with Crippen molar-refractivity contribution in [1.82, 2.24) is 24.9 Å². The highest BCUT2D eigenvalue weighted by atomic mass is 16.2. The number of rotatable bonds is 2. The first-order chi connectivity index (χ1) is 11.2. The molecule has 2 aromatic heterocycles. The average molecular weight is 309 g/mol. The number of amides is 1. The number of carbonyl (C=O) groups is 1. The van der Waals surface area contributed by atoms with Crippen LogP contribution in [-0.4, -0.2) is 51.5 Å². The zero-order chi connectivity index (χ0) is 15.6. The van der Waals surface area contributed by atoms with E-state index in [2.05, 4.69) is 32.1 Å². The highest BCUT2D eigenvalue weighted by Crippen LogP contribution is 2.37. The van der Waals surface area contributed by atoms with Crippen molar-refractivity contribution in [3.63, 3.8) is 0 Å². The Morgan fingerprint density at radius 2 is 2.17 bits per heavy atom. The van der Waals surface area contributed by atoms with E-state index in [1.807, 2.05) is 24.3 Å². The van der Waals surface area contributed by atoms with Crippen LogP contribution in [-0.2, 0) is 6.54 Å². The number of fused-ring (bicyclic) bond motifs is 3. The van der Waals surface area contributed by atoms with Crippen LogP contribution in [0.25, 0.3) is 16.6 Å². The molecule has 0 unspecified atom stereocenters. The third-order valence-electron chi connectivity index (χ3n) is 5.03. The predicted octanol–water partition coefficient (Wildman–Crippen LogP) is 1.45. The molecule has 6 nitrogen and oxygen atoms in total. The summed E-state index contributed by atoms with van der Waals surface area (Å²) in [5.41, 5.74) is 8.24. The van der Waals surface area contributed by atoms with Gasteiger partial charge in [0.05, 0.1) is 11.0 Å². The van der Waals surface area contributed by atoms with Crippen molar-refractivity contribution in [2.45, 2.75) is 25.4 Å². The van der Waals surface area contributed by atoms with E-state index in [-0.39, 0.29) is 5.91 Å². The Kier molecular flexibility index (Phi) is 2.61. The Morgan fingerprint density at radius 3 is 2.91 bits per heavy atom. The zero-order valence-corrected chi connectivity index (χ0v) is 13.1. The van der Waals surface area contributed by atoms with Gasteiger partial charge in [0.15, 0.2) is 0 Å². The van der Waals surface area contributed by atoms with E-state index in [4.69, 9.17) is 0 Å². The molecule has 0 radical (unpaired) electrons. The standard InChI is InChI=1S/C17H19N5O/c1-20-10-11(9-19-20)14-15-13(3-2-6-18-15)22-8-7-21(12-4-5-12)17(23)16(14)22/h2-3,6,10,12,19H,4-5,7-9H2,1H3. The lowest BCUT2D eigenvalue weighted by Gasteiger charge is -2.29. The maximum Gasteiger partial charge on any atom is 0.271 e. The smallest absolute Gasteiger partial charge is 0.271 e. The van der Waals surface area contributed by atoms with Crippen LogP contribution >= 0.6 is 0 Å². The van der Waals surface area contributed by atoms with Gasteiger partial charge >= 0.3 is 0 Å². The van der Waals surface area contributed by atoms with Gasteiger partial charge < -0.3 is 14.5 Å². The molecule has 118 valence electrons. The van der Waals surface area contributed by atoms with Gasteiger partial charge in [-0.15, -0.1) is 0 Å². The van der Waals surface area contributed by atoms with Gasteiger partial charge in [0, 0.05) is 50.7 Å². The maximum atomic E-state index is 13.1. The molecular formula is C17H19N5O. The van der Waals surface area contributed by atoms with Crippen LogP contribution in [0, 0.1) is 0 Å². The van der Waals surface area contributed by atoms with E-state index in [9.17, 15) is 4.79 Å². The van der Waals surface area contributed by atoms with Gasteiger partial charge in [-0.1, -0.05) is 0 Å². The van der Waals surface area contributed by atoms with E-state index in [1.165, 1.54) is 0 Å². The summed E-state index contributed by atoms with van der Waals surface area (Å²) in [4.78, 5) is 19.8. The summed E-state index contributed by atoms with van der Waals surface area (Å²) in [6.07, 6.45) is 6.17. The summed E-state index contributed by atoms with van der Waals surface area (Å²) < 4.78 is 2.16. The van der Waals surface area contributed by atoms with Gasteiger partial charge in [-0.2, -0.15) is 0 Å². The Morgan fingerprint density at radius 1 is 1.30 bits per heavy atom. The van der Waals surface area contributed by atoms with Gasteiger partial charge in [-0.3, -0.25) is 9.78 Å². The first-order valence-electron chi connectivity index (χ1n) is 8.19. The third-order valence-corrected chi connectivity index (χ3v) is 5.03. The lowest BCUT2D eigenvalue weighted by Crippen LogP contribution is -2.41. The fourth-order valence-corrected chi connectivity index (χ4v) is 3.80. The molecule has 2 aliphatic heterocycles. The summed E-state index contributed by atoms with van der Waals surface area (Å²) >= 11 is 0. The Balaban J connectivity index is 1.76. The Labute approximate surface area is 134 Å². The highest BCUT2D eigenvalue weighted by molar-refractivity contribution is 6.07. The van der Waals surface area contributed by atoms with E-state index in [1.54, 1.807) is 0 Å². The number of carbonyl (C=O) groups excluding carboxylic acids is 1. The van der Waals surface area contributed by atoms with E-state index >= 15 is 0 Å². The molecule has 1 amide bonds. The molecule has 1 aliphatic carbocycles. The number of nitrogens with one attached hydrogen (secondary N) is 1. The fourth-order valence-electron chi connectivity index (χ4n) is 3.80. The second-order valence-corrected chi connectivity index (χ2v) is 6.58. The van der Waals surface area contributed by atoms with E-state index < -0.39 is 0 Å². The summed E-state index contributed by atoms with van der Waals surface area (Å²) in [5, 5.41) is 1.94. The Hall–Kier alpha value is -2.34. The van der Waals surface area contributed by atoms with E-state index in [0.29, 0.717) is 6.04 Å². The van der Waals surface area contributed by atoms with E-state index in [0.717, 1.165) is 60.3 Å². The first kappa shape index (κ1) is 13.1. The van der Waals surface area contributed by atoms with Crippen molar-refractivity contribution in [2.75, 3.05) is 20.1 Å². The molecule has 1 fully saturated rings. The van der Waals surface area contributed by atoms with Gasteiger partial charge in [-0.25, -0.2) is 5.43 Å². The van der Waals surface area contributed by atoms with Crippen LogP contribution in [0.5, 0.6) is 0 Å². The first-order valence-corrected chi connectivity index (χ1v) is 8.19. The molecule has 1 saturated carbocycles. The van der Waals surface area contributed by atoms with Gasteiger partial charge in [0.25, 0.3) is 5.91 Å². The molecule has 5 rings (SSSR count). The topological polar surface area (TPSA) is 53.4 Å². The minimum atomic E-state index is 0.169. The number of aromatic nitrogens is 2. The summed E-state index contributed by atoms with van der Waals surface area (Å²) in [6.45, 7) is 2.40. The molecule has 0 spiro atoms. The molecule has 1 N–H and O–H groups in total. The lowest BCUT2D eigenvalue weighted by molar-refractivity contribution is 0.0692. The lowest BCUT2D eigenvalue weighted by atomic mass is 10.0. The fraction of sp³-hybridized carbons (Fsp3) is 0.412. The summed E-state index contributed by atoms with van der Waals surface area (Å²) in [7, 11) is 1.98. The van der Waals surface area contributed by atoms with Crippen LogP contribution in [0.2, 0.25) is 0 Å². The van der Waals surface area contributed by atoms with Crippen LogP contribution in [0.3, 0.4) is 0 Å². The van der Waals surface area contributed by atoms with Crippen molar-refractivity contribution in [3.8, 4) is 0 Å². The van der Waals surface area contributed by atoms with Gasteiger partial charge in [0.1, 0.15) is 5.69 Å². The number of hydrazine groups is 1. The van der Waals surface area contributed by atoms with Crippen LogP contribution in [0.15, 0.2) is 24.5 Å². The number of hydrogen-bond acceptors (Lipinski definition) is 4. The molecule has 0 atom stereocenters. The molecule has 0 bridgehead atoms. The largest absolute Gasteiger partial charge is 0.333 e. The van der Waals surface area contributed by atoms with Crippen LogP contribution in [0.1, 0.15) is 28.9 Å². The summed E-state index contributed by atoms with van der Waals surface area (Å²) in [6, 6.07) is 4.47. The zero-order valence-electron chi connectivity index (χ0n) is 13.1. The summed E-state index contributed by atoms with van der Waals surface area (Å²) in [5.74, 6) is 0.169. The second-order valence-electron chi connectivity index (χ2n) is 6.58. The van der Waals surface area contributed by atoms with Crippen molar-refractivity contribution in [1.29, 1.82) is 0 Å². The van der Waals surface area contributed by atoms with Crippen LogP contribution < -0.4 is 5.43 Å². The Bertz CT molecular complexity index is 848. The van der Waals surface area contributed by atoms with Crippen LogP contribution in [0.4, 0.5) is 0 Å². The molecule has 23 heavy (non-hydrogen) atoms. The van der Waals surface area contributed by atoms with Crippen molar-refractivity contribution >= 4 is 22.5 Å². The van der Waals surface area contributed by atoms with Crippen molar-refractivity contribution in [2.24, 2.45) is 0 Å². The molecule has 0 aromatic carbocycles. The SMILES string of the molecule is CN1C=C(c2c3n(c4cccnc24)CCN(C2CC2)C3=O)CN1. The minimum Gasteiger partial charge on any atom is -0.333 e. The minimum absolute atomic E-state index is 0.169. The van der Waals surface area contributed by atoms with Gasteiger partial charge in [0.2, 0.25) is 0 Å². The normalized spacial score (nSPS) is 21.1. The third kappa shape index (κ3) is 1.84. The van der Waals surface area contributed by atoms with Crippen molar-refractivity contribution < 1.29 is 4.79 Å². The average Bonchev–Trinajstić information content (AvgIpc) is 3.22. The van der Waals surface area contributed by atoms with Gasteiger partial charge in [-0.05, 0) is 30.5 Å².